The van der Waals surface area contributed by atoms with E-state index in [0.29, 0.717) is 10.8 Å². The molecule has 0 saturated carbocycles. The molecule has 0 unspecified atom stereocenters. The van der Waals surface area contributed by atoms with E-state index in [1.165, 1.54) is 24.3 Å². The summed E-state index contributed by atoms with van der Waals surface area (Å²) in [4.78, 5) is 11.6. The van der Waals surface area contributed by atoms with Gasteiger partial charge >= 0.3 is 5.97 Å². The van der Waals surface area contributed by atoms with E-state index in [1.54, 1.807) is 18.2 Å². The lowest BCUT2D eigenvalue weighted by Crippen LogP contribution is -2.03. The fourth-order valence-electron chi connectivity index (χ4n) is 1.39. The molecule has 0 fully saturated rings. The Labute approximate surface area is 120 Å². The Balaban J connectivity index is 2.03. The Hall–Kier alpha value is -1.71. The largest absolute Gasteiger partial charge is 0.462 e. The highest BCUT2D eigenvalue weighted by atomic mass is 35.5. The standard InChI is InChI=1S/C14H10Cl2O3/c1-9-2-4-11(18-9)5-7-14(17)19-13-6-3-10(15)8-12(13)16/h2-8H,1H3/b7-5+. The highest BCUT2D eigenvalue weighted by Gasteiger charge is 2.06. The van der Waals surface area contributed by atoms with Crippen molar-refractivity contribution < 1.29 is 13.9 Å². The molecule has 0 aliphatic heterocycles. The van der Waals surface area contributed by atoms with Crippen LogP contribution in [0.25, 0.3) is 6.08 Å². The quantitative estimate of drug-likeness (QED) is 0.475. The molecular weight excluding hydrogens is 287 g/mol. The Kier molecular flexibility index (Phi) is 4.30. The minimum absolute atomic E-state index is 0.261. The second kappa shape index (κ2) is 5.95. The van der Waals surface area contributed by atoms with Gasteiger partial charge in [-0.2, -0.15) is 0 Å². The fraction of sp³-hybridized carbons (Fsp3) is 0.0714. The number of carbonyl (C=O) groups is 1. The Bertz CT molecular complexity index is 629. The van der Waals surface area contributed by atoms with Gasteiger partial charge in [-0.1, -0.05) is 23.2 Å². The zero-order chi connectivity index (χ0) is 13.8. The van der Waals surface area contributed by atoms with Gasteiger partial charge in [0.1, 0.15) is 17.3 Å². The first kappa shape index (κ1) is 13.7. The van der Waals surface area contributed by atoms with E-state index in [4.69, 9.17) is 32.4 Å². The number of aryl methyl sites for hydroxylation is 1. The Morgan fingerprint density at radius 3 is 2.68 bits per heavy atom. The second-order valence-corrected chi connectivity index (χ2v) is 4.62. The van der Waals surface area contributed by atoms with Gasteiger partial charge < -0.3 is 9.15 Å². The number of hydrogen-bond acceptors (Lipinski definition) is 3. The van der Waals surface area contributed by atoms with Crippen molar-refractivity contribution >= 4 is 35.2 Å². The van der Waals surface area contributed by atoms with Crippen LogP contribution in [0.5, 0.6) is 5.75 Å². The van der Waals surface area contributed by atoms with E-state index in [0.717, 1.165) is 5.76 Å². The van der Waals surface area contributed by atoms with Gasteiger partial charge in [-0.25, -0.2) is 4.79 Å². The molecule has 1 heterocycles. The summed E-state index contributed by atoms with van der Waals surface area (Å²) in [6.07, 6.45) is 2.79. The van der Waals surface area contributed by atoms with E-state index in [-0.39, 0.29) is 10.8 Å². The van der Waals surface area contributed by atoms with E-state index in [9.17, 15) is 4.79 Å². The van der Waals surface area contributed by atoms with Gasteiger partial charge in [0.2, 0.25) is 0 Å². The van der Waals surface area contributed by atoms with Gasteiger partial charge in [-0.3, -0.25) is 0 Å². The van der Waals surface area contributed by atoms with E-state index in [1.807, 2.05) is 6.92 Å². The van der Waals surface area contributed by atoms with Crippen LogP contribution in [0.3, 0.4) is 0 Å². The summed E-state index contributed by atoms with van der Waals surface area (Å²) in [5.41, 5.74) is 0. The van der Waals surface area contributed by atoms with Crippen LogP contribution >= 0.6 is 23.2 Å². The maximum atomic E-state index is 11.6. The Morgan fingerprint density at radius 2 is 2.05 bits per heavy atom. The molecule has 0 N–H and O–H groups in total. The lowest BCUT2D eigenvalue weighted by molar-refractivity contribution is -0.128. The van der Waals surface area contributed by atoms with Crippen molar-refractivity contribution in [2.24, 2.45) is 0 Å². The summed E-state index contributed by atoms with van der Waals surface area (Å²) in [6, 6.07) is 8.20. The normalized spacial score (nSPS) is 10.9. The summed E-state index contributed by atoms with van der Waals surface area (Å²) >= 11 is 11.6. The van der Waals surface area contributed by atoms with Gasteiger partial charge in [0.15, 0.2) is 0 Å². The SMILES string of the molecule is Cc1ccc(/C=C/C(=O)Oc2ccc(Cl)cc2Cl)o1. The monoisotopic (exact) mass is 296 g/mol. The summed E-state index contributed by atoms with van der Waals surface area (Å²) in [7, 11) is 0. The fourth-order valence-corrected chi connectivity index (χ4v) is 1.84. The zero-order valence-corrected chi connectivity index (χ0v) is 11.5. The number of carbonyl (C=O) groups excluding carboxylic acids is 1. The molecular formula is C14H10Cl2O3. The topological polar surface area (TPSA) is 39.4 Å². The molecule has 98 valence electrons. The molecule has 1 aromatic heterocycles. The molecule has 3 nitrogen and oxygen atoms in total. The number of esters is 1. The van der Waals surface area contributed by atoms with E-state index in [2.05, 4.69) is 0 Å². The Morgan fingerprint density at radius 1 is 1.26 bits per heavy atom. The van der Waals surface area contributed by atoms with Crippen LogP contribution in [-0.2, 0) is 4.79 Å². The van der Waals surface area contributed by atoms with Crippen molar-refractivity contribution in [2.75, 3.05) is 0 Å². The van der Waals surface area contributed by atoms with Crippen LogP contribution < -0.4 is 4.74 Å². The maximum Gasteiger partial charge on any atom is 0.336 e. The van der Waals surface area contributed by atoms with Crippen LogP contribution in [0.15, 0.2) is 40.8 Å². The van der Waals surface area contributed by atoms with Crippen molar-refractivity contribution in [3.05, 3.63) is 58.0 Å². The van der Waals surface area contributed by atoms with Crippen molar-refractivity contribution in [3.8, 4) is 5.75 Å². The van der Waals surface area contributed by atoms with Crippen molar-refractivity contribution in [2.45, 2.75) is 6.92 Å². The smallest absolute Gasteiger partial charge is 0.336 e. The molecule has 0 spiro atoms. The molecule has 0 bridgehead atoms. The molecule has 2 rings (SSSR count). The van der Waals surface area contributed by atoms with Crippen LogP contribution in [0, 0.1) is 6.92 Å². The third-order valence-electron chi connectivity index (χ3n) is 2.25. The third-order valence-corrected chi connectivity index (χ3v) is 2.78. The molecule has 1 aromatic carbocycles. The number of benzene rings is 1. The molecule has 0 amide bonds. The van der Waals surface area contributed by atoms with Gasteiger partial charge in [0.25, 0.3) is 0 Å². The first-order valence-electron chi connectivity index (χ1n) is 5.46. The van der Waals surface area contributed by atoms with Crippen LogP contribution in [-0.4, -0.2) is 5.97 Å². The lowest BCUT2D eigenvalue weighted by atomic mass is 10.3. The summed E-state index contributed by atoms with van der Waals surface area (Å²) in [5, 5.41) is 0.759. The third kappa shape index (κ3) is 3.88. The summed E-state index contributed by atoms with van der Waals surface area (Å²) < 4.78 is 10.4. The predicted molar refractivity (Wildman–Crippen MR) is 74.6 cm³/mol. The molecule has 2 aromatic rings. The molecule has 0 aliphatic rings. The number of ether oxygens (including phenoxy) is 1. The highest BCUT2D eigenvalue weighted by Crippen LogP contribution is 2.27. The highest BCUT2D eigenvalue weighted by molar-refractivity contribution is 6.35. The molecule has 0 radical (unpaired) electrons. The van der Waals surface area contributed by atoms with Crippen molar-refractivity contribution in [3.63, 3.8) is 0 Å². The van der Waals surface area contributed by atoms with Crippen LogP contribution in [0.2, 0.25) is 10.0 Å². The molecule has 5 heteroatoms. The van der Waals surface area contributed by atoms with Gasteiger partial charge in [-0.15, -0.1) is 0 Å². The van der Waals surface area contributed by atoms with E-state index >= 15 is 0 Å². The van der Waals surface area contributed by atoms with Gasteiger partial charge in [0, 0.05) is 11.1 Å². The van der Waals surface area contributed by atoms with E-state index < -0.39 is 5.97 Å². The molecule has 0 saturated heterocycles. The van der Waals surface area contributed by atoms with Gasteiger partial charge in [0.05, 0.1) is 5.02 Å². The number of furan rings is 1. The second-order valence-electron chi connectivity index (χ2n) is 3.78. The zero-order valence-electron chi connectivity index (χ0n) is 10.0. The minimum atomic E-state index is -0.543. The van der Waals surface area contributed by atoms with Crippen LogP contribution in [0.4, 0.5) is 0 Å². The summed E-state index contributed by atoms with van der Waals surface area (Å²) in [5.74, 6) is 1.07. The van der Waals surface area contributed by atoms with Gasteiger partial charge in [-0.05, 0) is 43.3 Å². The molecule has 0 atom stereocenters. The number of rotatable bonds is 3. The maximum absolute atomic E-state index is 11.6. The first-order chi connectivity index (χ1) is 9.04. The van der Waals surface area contributed by atoms with Crippen molar-refractivity contribution in [1.29, 1.82) is 0 Å². The minimum Gasteiger partial charge on any atom is -0.462 e. The number of halogens is 2. The first-order valence-corrected chi connectivity index (χ1v) is 6.21. The average Bonchev–Trinajstić information content (AvgIpc) is 2.76. The number of hydrogen-bond donors (Lipinski definition) is 0. The molecule has 19 heavy (non-hydrogen) atoms. The average molecular weight is 297 g/mol. The summed E-state index contributed by atoms with van der Waals surface area (Å²) in [6.45, 7) is 1.82. The lowest BCUT2D eigenvalue weighted by Gasteiger charge is -2.03. The molecule has 0 aliphatic carbocycles. The van der Waals surface area contributed by atoms with Crippen molar-refractivity contribution in [1.82, 2.24) is 0 Å². The van der Waals surface area contributed by atoms with Crippen LogP contribution in [0.1, 0.15) is 11.5 Å². The predicted octanol–water partition coefficient (Wildman–Crippen LogP) is 4.51.